The number of aliphatic hydroxyl groups excluding tert-OH is 1. The zero-order valence-electron chi connectivity index (χ0n) is 15.2. The summed E-state index contributed by atoms with van der Waals surface area (Å²) >= 11 is 0. The lowest BCUT2D eigenvalue weighted by Crippen LogP contribution is -2.36. The van der Waals surface area contributed by atoms with Crippen molar-refractivity contribution in [3.05, 3.63) is 59.7 Å². The van der Waals surface area contributed by atoms with Gasteiger partial charge in [-0.3, -0.25) is 0 Å². The van der Waals surface area contributed by atoms with E-state index in [1.54, 1.807) is 14.2 Å². The third-order valence-electron chi connectivity index (χ3n) is 4.10. The zero-order chi connectivity index (χ0) is 18.1. The summed E-state index contributed by atoms with van der Waals surface area (Å²) in [5, 5.41) is 16.8. The molecule has 0 aliphatic carbocycles. The van der Waals surface area contributed by atoms with E-state index in [2.05, 4.69) is 17.6 Å². The molecule has 2 aromatic carbocycles. The van der Waals surface area contributed by atoms with Gasteiger partial charge in [0.05, 0.1) is 20.3 Å². The molecule has 2 atom stereocenters. The Morgan fingerprint density at radius 1 is 0.960 bits per heavy atom. The van der Waals surface area contributed by atoms with Gasteiger partial charge in [0, 0.05) is 25.7 Å². The molecular formula is C20H28N2O3. The van der Waals surface area contributed by atoms with Gasteiger partial charge in [-0.2, -0.15) is 0 Å². The molecule has 0 aromatic heterocycles. The van der Waals surface area contributed by atoms with Crippen LogP contribution >= 0.6 is 0 Å². The molecule has 136 valence electrons. The van der Waals surface area contributed by atoms with Crippen LogP contribution in [0.5, 0.6) is 11.5 Å². The van der Waals surface area contributed by atoms with Crippen LogP contribution in [-0.4, -0.2) is 38.5 Å². The van der Waals surface area contributed by atoms with Crippen molar-refractivity contribution in [2.45, 2.75) is 25.6 Å². The largest absolute Gasteiger partial charge is 0.497 e. The maximum absolute atomic E-state index is 10.2. The number of rotatable bonds is 10. The van der Waals surface area contributed by atoms with Gasteiger partial charge in [-0.1, -0.05) is 24.3 Å². The Hall–Kier alpha value is -2.08. The van der Waals surface area contributed by atoms with Gasteiger partial charge in [0.15, 0.2) is 0 Å². The van der Waals surface area contributed by atoms with Crippen LogP contribution < -0.4 is 20.1 Å². The smallest absolute Gasteiger partial charge is 0.119 e. The van der Waals surface area contributed by atoms with Crippen LogP contribution in [0.25, 0.3) is 0 Å². The molecular weight excluding hydrogens is 316 g/mol. The summed E-state index contributed by atoms with van der Waals surface area (Å²) in [5.74, 6) is 1.68. The predicted octanol–water partition coefficient (Wildman–Crippen LogP) is 2.51. The fraction of sp³-hybridized carbons (Fsp3) is 0.400. The molecule has 2 aromatic rings. The van der Waals surface area contributed by atoms with Crippen LogP contribution in [0, 0.1) is 0 Å². The van der Waals surface area contributed by atoms with E-state index in [0.717, 1.165) is 22.6 Å². The third-order valence-corrected chi connectivity index (χ3v) is 4.10. The van der Waals surface area contributed by atoms with E-state index >= 15 is 0 Å². The lowest BCUT2D eigenvalue weighted by molar-refractivity contribution is 0.164. The van der Waals surface area contributed by atoms with Crippen molar-refractivity contribution in [1.29, 1.82) is 0 Å². The Morgan fingerprint density at radius 3 is 2.36 bits per heavy atom. The van der Waals surface area contributed by atoms with Crippen molar-refractivity contribution in [1.82, 2.24) is 10.6 Å². The van der Waals surface area contributed by atoms with Gasteiger partial charge in [-0.25, -0.2) is 0 Å². The van der Waals surface area contributed by atoms with Crippen molar-refractivity contribution >= 4 is 0 Å². The van der Waals surface area contributed by atoms with Crippen LogP contribution in [0.2, 0.25) is 0 Å². The molecule has 5 heteroatoms. The summed E-state index contributed by atoms with van der Waals surface area (Å²) in [6.07, 6.45) is -0.460. The van der Waals surface area contributed by atoms with Gasteiger partial charge in [0.2, 0.25) is 0 Å². The van der Waals surface area contributed by atoms with E-state index in [4.69, 9.17) is 9.47 Å². The molecule has 0 spiro atoms. The van der Waals surface area contributed by atoms with Gasteiger partial charge in [-0.15, -0.1) is 0 Å². The van der Waals surface area contributed by atoms with Gasteiger partial charge < -0.3 is 25.2 Å². The Labute approximate surface area is 150 Å². The van der Waals surface area contributed by atoms with Crippen molar-refractivity contribution < 1.29 is 14.6 Å². The molecule has 0 amide bonds. The highest BCUT2D eigenvalue weighted by Crippen LogP contribution is 2.18. The lowest BCUT2D eigenvalue weighted by Gasteiger charge is -2.18. The quantitative estimate of drug-likeness (QED) is 0.618. The van der Waals surface area contributed by atoms with E-state index < -0.39 is 6.10 Å². The first-order chi connectivity index (χ1) is 12.1. The molecule has 2 rings (SSSR count). The summed E-state index contributed by atoms with van der Waals surface area (Å²) in [6.45, 7) is 3.81. The van der Waals surface area contributed by atoms with E-state index in [-0.39, 0.29) is 6.04 Å². The molecule has 0 radical (unpaired) electrons. The minimum atomic E-state index is -0.460. The molecule has 0 aliphatic heterocycles. The first kappa shape index (κ1) is 19.2. The molecule has 0 bridgehead atoms. The highest BCUT2D eigenvalue weighted by Gasteiger charge is 2.09. The predicted molar refractivity (Wildman–Crippen MR) is 100 cm³/mol. The van der Waals surface area contributed by atoms with Gasteiger partial charge in [-0.05, 0) is 42.3 Å². The Kier molecular flexibility index (Phi) is 7.73. The fourth-order valence-corrected chi connectivity index (χ4v) is 2.58. The normalized spacial score (nSPS) is 13.3. The number of benzene rings is 2. The second kappa shape index (κ2) is 10.0. The van der Waals surface area contributed by atoms with Crippen molar-refractivity contribution in [2.75, 3.05) is 27.3 Å². The average molecular weight is 344 g/mol. The second-order valence-electron chi connectivity index (χ2n) is 6.04. The fourth-order valence-electron chi connectivity index (χ4n) is 2.58. The van der Waals surface area contributed by atoms with Crippen LogP contribution in [0.3, 0.4) is 0 Å². The molecule has 0 heterocycles. The van der Waals surface area contributed by atoms with Crippen molar-refractivity contribution in [3.8, 4) is 11.5 Å². The first-order valence-electron chi connectivity index (χ1n) is 8.51. The first-order valence-corrected chi connectivity index (χ1v) is 8.51. The Bertz CT molecular complexity index is 648. The summed E-state index contributed by atoms with van der Waals surface area (Å²) in [5.41, 5.74) is 2.26. The number of hydrogen-bond acceptors (Lipinski definition) is 5. The second-order valence-corrected chi connectivity index (χ2v) is 6.04. The summed E-state index contributed by atoms with van der Waals surface area (Å²) in [6, 6.07) is 16.0. The van der Waals surface area contributed by atoms with Crippen LogP contribution in [0.1, 0.15) is 24.1 Å². The highest BCUT2D eigenvalue weighted by molar-refractivity contribution is 5.30. The van der Waals surface area contributed by atoms with E-state index in [1.807, 2.05) is 48.5 Å². The van der Waals surface area contributed by atoms with E-state index in [1.165, 1.54) is 0 Å². The van der Waals surface area contributed by atoms with Crippen LogP contribution in [0.4, 0.5) is 0 Å². The van der Waals surface area contributed by atoms with Crippen LogP contribution in [-0.2, 0) is 6.54 Å². The van der Waals surface area contributed by atoms with Gasteiger partial charge in [0.1, 0.15) is 11.5 Å². The molecule has 3 N–H and O–H groups in total. The maximum atomic E-state index is 10.2. The summed E-state index contributed by atoms with van der Waals surface area (Å²) in [7, 11) is 3.32. The molecule has 0 aliphatic rings. The number of aliphatic hydroxyl groups is 1. The van der Waals surface area contributed by atoms with E-state index in [0.29, 0.717) is 19.6 Å². The topological polar surface area (TPSA) is 62.8 Å². The minimum Gasteiger partial charge on any atom is -0.497 e. The number of hydrogen-bond donors (Lipinski definition) is 3. The summed E-state index contributed by atoms with van der Waals surface area (Å²) < 4.78 is 10.5. The molecule has 0 fully saturated rings. The molecule has 0 saturated carbocycles. The minimum absolute atomic E-state index is 0.142. The zero-order valence-corrected chi connectivity index (χ0v) is 15.2. The Balaban J connectivity index is 1.71. The average Bonchev–Trinajstić information content (AvgIpc) is 2.66. The van der Waals surface area contributed by atoms with Gasteiger partial charge in [0.25, 0.3) is 0 Å². The molecule has 25 heavy (non-hydrogen) atoms. The monoisotopic (exact) mass is 344 g/mol. The Morgan fingerprint density at radius 2 is 1.64 bits per heavy atom. The summed E-state index contributed by atoms with van der Waals surface area (Å²) in [4.78, 5) is 0. The number of methoxy groups -OCH3 is 2. The number of nitrogens with one attached hydrogen (secondary N) is 2. The molecule has 1 unspecified atom stereocenters. The molecule has 5 nitrogen and oxygen atoms in total. The maximum Gasteiger partial charge on any atom is 0.119 e. The highest BCUT2D eigenvalue weighted by atomic mass is 16.5. The van der Waals surface area contributed by atoms with E-state index in [9.17, 15) is 5.11 Å². The van der Waals surface area contributed by atoms with Crippen molar-refractivity contribution in [2.24, 2.45) is 0 Å². The standard InChI is InChI=1S/C20H28N2O3/c1-15(17-7-5-9-20(11-17)25-3)22-14-18(23)13-21-12-16-6-4-8-19(10-16)24-2/h4-11,15,18,21-23H,12-14H2,1-3H3/t15-,18?/m0/s1. The van der Waals surface area contributed by atoms with Gasteiger partial charge >= 0.3 is 0 Å². The SMILES string of the molecule is COc1cccc(CNCC(O)CN[C@@H](C)c2cccc(OC)c2)c1. The molecule has 0 saturated heterocycles. The third kappa shape index (κ3) is 6.38. The lowest BCUT2D eigenvalue weighted by atomic mass is 10.1. The van der Waals surface area contributed by atoms with Crippen molar-refractivity contribution in [3.63, 3.8) is 0 Å². The number of ether oxygens (including phenoxy) is 2. The van der Waals surface area contributed by atoms with Crippen LogP contribution in [0.15, 0.2) is 48.5 Å².